The van der Waals surface area contributed by atoms with Gasteiger partial charge in [-0.05, 0) is 44.0 Å². The van der Waals surface area contributed by atoms with Gasteiger partial charge < -0.3 is 4.74 Å². The lowest BCUT2D eigenvalue weighted by Gasteiger charge is -2.22. The lowest BCUT2D eigenvalue weighted by molar-refractivity contribution is 0.393. The van der Waals surface area contributed by atoms with Gasteiger partial charge in [-0.15, -0.1) is 0 Å². The summed E-state index contributed by atoms with van der Waals surface area (Å²) in [5.41, 5.74) is 5.24. The fourth-order valence-electron chi connectivity index (χ4n) is 2.44. The van der Waals surface area contributed by atoms with Gasteiger partial charge in [-0.1, -0.05) is 6.07 Å². The Balaban J connectivity index is 2.61. The van der Waals surface area contributed by atoms with Gasteiger partial charge in [0.15, 0.2) is 5.75 Å². The molecule has 0 aliphatic rings. The first-order valence-corrected chi connectivity index (χ1v) is 6.83. The van der Waals surface area contributed by atoms with Crippen molar-refractivity contribution in [2.24, 2.45) is 5.84 Å². The minimum atomic E-state index is -0.402. The molecule has 0 fully saturated rings. The van der Waals surface area contributed by atoms with Crippen molar-refractivity contribution < 1.29 is 9.13 Å². The maximum atomic E-state index is 13.6. The third-order valence-corrected chi connectivity index (χ3v) is 3.50. The molecule has 1 unspecified atom stereocenters. The molecule has 1 atom stereocenters. The largest absolute Gasteiger partial charge is 0.493 e. The summed E-state index contributed by atoms with van der Waals surface area (Å²) in [5.74, 6) is 6.06. The van der Waals surface area contributed by atoms with Gasteiger partial charge in [0.25, 0.3) is 0 Å². The van der Waals surface area contributed by atoms with Crippen LogP contribution in [0.25, 0.3) is 0 Å². The number of methoxy groups -OCH3 is 1. The zero-order chi connectivity index (χ0) is 15.6. The van der Waals surface area contributed by atoms with E-state index < -0.39 is 6.04 Å². The molecule has 0 saturated heterocycles. The Kier molecular flexibility index (Phi) is 4.59. The van der Waals surface area contributed by atoms with E-state index in [2.05, 4.69) is 10.5 Å². The SMILES string of the molecule is COc1cnn(C(C)C)c1C(NN)c1cc(F)ccc1C. The fraction of sp³-hybridized carbons (Fsp3) is 0.400. The van der Waals surface area contributed by atoms with Crippen molar-refractivity contribution in [3.63, 3.8) is 0 Å². The second-order valence-electron chi connectivity index (χ2n) is 5.24. The number of nitrogens with two attached hydrogens (primary N) is 1. The van der Waals surface area contributed by atoms with Gasteiger partial charge in [0, 0.05) is 6.04 Å². The van der Waals surface area contributed by atoms with Gasteiger partial charge in [0.05, 0.1) is 19.3 Å². The summed E-state index contributed by atoms with van der Waals surface area (Å²) >= 11 is 0. The van der Waals surface area contributed by atoms with E-state index in [1.807, 2.05) is 25.5 Å². The van der Waals surface area contributed by atoms with Crippen LogP contribution in [0.1, 0.15) is 42.8 Å². The molecule has 0 saturated carbocycles. The highest BCUT2D eigenvalue weighted by atomic mass is 19.1. The van der Waals surface area contributed by atoms with E-state index in [9.17, 15) is 4.39 Å². The molecule has 0 aliphatic heterocycles. The number of aryl methyl sites for hydroxylation is 1. The second kappa shape index (κ2) is 6.24. The fourth-order valence-corrected chi connectivity index (χ4v) is 2.44. The summed E-state index contributed by atoms with van der Waals surface area (Å²) < 4.78 is 20.8. The Morgan fingerprint density at radius 3 is 2.67 bits per heavy atom. The van der Waals surface area contributed by atoms with Crippen LogP contribution in [-0.2, 0) is 0 Å². The summed E-state index contributed by atoms with van der Waals surface area (Å²) in [5, 5.41) is 4.34. The average Bonchev–Trinajstić information content (AvgIpc) is 2.87. The van der Waals surface area contributed by atoms with Crippen molar-refractivity contribution in [2.75, 3.05) is 7.11 Å². The molecule has 21 heavy (non-hydrogen) atoms. The van der Waals surface area contributed by atoms with Crippen molar-refractivity contribution in [2.45, 2.75) is 32.9 Å². The predicted octanol–water partition coefficient (Wildman–Crippen LogP) is 2.47. The first kappa shape index (κ1) is 15.5. The first-order valence-electron chi connectivity index (χ1n) is 6.83. The van der Waals surface area contributed by atoms with E-state index in [0.29, 0.717) is 5.75 Å². The van der Waals surface area contributed by atoms with Gasteiger partial charge in [-0.3, -0.25) is 10.5 Å². The monoisotopic (exact) mass is 292 g/mol. The van der Waals surface area contributed by atoms with Gasteiger partial charge in [-0.2, -0.15) is 5.10 Å². The topological polar surface area (TPSA) is 65.1 Å². The molecule has 114 valence electrons. The second-order valence-corrected chi connectivity index (χ2v) is 5.24. The standard InChI is InChI=1S/C15H21FN4O/c1-9(2)20-15(13(21-4)8-18-20)14(19-17)12-7-11(16)6-5-10(12)3/h5-9,14,19H,17H2,1-4H3. The Labute approximate surface area is 123 Å². The molecular weight excluding hydrogens is 271 g/mol. The van der Waals surface area contributed by atoms with E-state index in [1.54, 1.807) is 19.4 Å². The molecule has 1 aromatic carbocycles. The maximum Gasteiger partial charge on any atom is 0.161 e. The van der Waals surface area contributed by atoms with Crippen LogP contribution in [0.2, 0.25) is 0 Å². The smallest absolute Gasteiger partial charge is 0.161 e. The number of halogens is 1. The summed E-state index contributed by atoms with van der Waals surface area (Å²) in [6, 6.07) is 4.38. The minimum absolute atomic E-state index is 0.133. The molecule has 2 rings (SSSR count). The molecule has 0 amide bonds. The highest BCUT2D eigenvalue weighted by Crippen LogP contribution is 2.33. The van der Waals surface area contributed by atoms with Crippen LogP contribution in [0, 0.1) is 12.7 Å². The molecule has 0 spiro atoms. The number of aromatic nitrogens is 2. The summed E-state index contributed by atoms with van der Waals surface area (Å²) in [4.78, 5) is 0. The van der Waals surface area contributed by atoms with Crippen LogP contribution < -0.4 is 16.0 Å². The number of ether oxygens (including phenoxy) is 1. The van der Waals surface area contributed by atoms with Gasteiger partial charge in [0.2, 0.25) is 0 Å². The number of hydrogen-bond acceptors (Lipinski definition) is 4. The van der Waals surface area contributed by atoms with Crippen LogP contribution in [0.5, 0.6) is 5.75 Å². The lowest BCUT2D eigenvalue weighted by atomic mass is 9.98. The highest BCUT2D eigenvalue weighted by molar-refractivity contribution is 5.40. The van der Waals surface area contributed by atoms with Gasteiger partial charge in [-0.25, -0.2) is 9.82 Å². The number of rotatable bonds is 5. The number of hydrogen-bond donors (Lipinski definition) is 2. The molecule has 1 aromatic heterocycles. The molecule has 0 radical (unpaired) electrons. The van der Waals surface area contributed by atoms with E-state index in [1.165, 1.54) is 12.1 Å². The van der Waals surface area contributed by atoms with Crippen molar-refractivity contribution in [3.05, 3.63) is 47.0 Å². The third-order valence-electron chi connectivity index (χ3n) is 3.50. The van der Waals surface area contributed by atoms with E-state index >= 15 is 0 Å². The van der Waals surface area contributed by atoms with Crippen molar-refractivity contribution >= 4 is 0 Å². The maximum absolute atomic E-state index is 13.6. The highest BCUT2D eigenvalue weighted by Gasteiger charge is 2.25. The van der Waals surface area contributed by atoms with Gasteiger partial charge >= 0.3 is 0 Å². The summed E-state index contributed by atoms with van der Waals surface area (Å²) in [6.07, 6.45) is 1.65. The lowest BCUT2D eigenvalue weighted by Crippen LogP contribution is -2.32. The summed E-state index contributed by atoms with van der Waals surface area (Å²) in [7, 11) is 1.58. The molecule has 5 nitrogen and oxygen atoms in total. The number of nitrogens with zero attached hydrogens (tertiary/aromatic N) is 2. The van der Waals surface area contributed by atoms with Crippen molar-refractivity contribution in [1.29, 1.82) is 0 Å². The van der Waals surface area contributed by atoms with Crippen molar-refractivity contribution in [1.82, 2.24) is 15.2 Å². The van der Waals surface area contributed by atoms with E-state index in [0.717, 1.165) is 16.8 Å². The van der Waals surface area contributed by atoms with E-state index in [4.69, 9.17) is 10.6 Å². The van der Waals surface area contributed by atoms with Crippen LogP contribution >= 0.6 is 0 Å². The van der Waals surface area contributed by atoms with Crippen LogP contribution in [-0.4, -0.2) is 16.9 Å². The quantitative estimate of drug-likeness (QED) is 0.656. The average molecular weight is 292 g/mol. The molecule has 0 bridgehead atoms. The van der Waals surface area contributed by atoms with Crippen LogP contribution in [0.4, 0.5) is 4.39 Å². The van der Waals surface area contributed by atoms with Gasteiger partial charge in [0.1, 0.15) is 11.5 Å². The van der Waals surface area contributed by atoms with Crippen LogP contribution in [0.3, 0.4) is 0 Å². The normalized spacial score (nSPS) is 12.7. The molecule has 1 heterocycles. The Morgan fingerprint density at radius 1 is 1.38 bits per heavy atom. The van der Waals surface area contributed by atoms with E-state index in [-0.39, 0.29) is 11.9 Å². The zero-order valence-electron chi connectivity index (χ0n) is 12.7. The third kappa shape index (κ3) is 2.91. The molecule has 6 heteroatoms. The molecule has 0 aliphatic carbocycles. The first-order chi connectivity index (χ1) is 9.99. The van der Waals surface area contributed by atoms with Crippen LogP contribution in [0.15, 0.2) is 24.4 Å². The molecular formula is C15H21FN4O. The van der Waals surface area contributed by atoms with Crippen molar-refractivity contribution in [3.8, 4) is 5.75 Å². The number of nitrogens with one attached hydrogen (secondary N) is 1. The predicted molar refractivity (Wildman–Crippen MR) is 79.5 cm³/mol. The number of hydrazine groups is 1. The zero-order valence-corrected chi connectivity index (χ0v) is 12.7. The minimum Gasteiger partial charge on any atom is -0.493 e. The molecule has 2 aromatic rings. The molecule has 3 N–H and O–H groups in total. The Bertz CT molecular complexity index is 624. The Hall–Kier alpha value is -1.92. The summed E-state index contributed by atoms with van der Waals surface area (Å²) in [6.45, 7) is 5.95. The number of benzene rings is 1. The Morgan fingerprint density at radius 2 is 2.10 bits per heavy atom.